The highest BCUT2D eigenvalue weighted by Gasteiger charge is 2.03. The first-order chi connectivity index (χ1) is 6.24. The van der Waals surface area contributed by atoms with Crippen molar-refractivity contribution in [3.63, 3.8) is 0 Å². The molecule has 1 aromatic heterocycles. The third-order valence-corrected chi connectivity index (χ3v) is 2.73. The number of nitrogens with zero attached hydrogens (tertiary/aromatic N) is 1. The quantitative estimate of drug-likeness (QED) is 0.653. The summed E-state index contributed by atoms with van der Waals surface area (Å²) in [5.41, 5.74) is 2.49. The summed E-state index contributed by atoms with van der Waals surface area (Å²) in [6.07, 6.45) is 6.39. The van der Waals surface area contributed by atoms with Crippen LogP contribution in [-0.4, -0.2) is 9.97 Å². The molecule has 13 heavy (non-hydrogen) atoms. The van der Waals surface area contributed by atoms with Crippen molar-refractivity contribution in [3.8, 4) is 0 Å². The molecule has 1 heterocycles. The van der Waals surface area contributed by atoms with Gasteiger partial charge in [0.15, 0.2) is 3.83 Å². The van der Waals surface area contributed by atoms with E-state index in [9.17, 15) is 0 Å². The second kappa shape index (κ2) is 5.62. The third-order valence-electron chi connectivity index (χ3n) is 2.22. The van der Waals surface area contributed by atoms with Crippen LogP contribution in [0.1, 0.15) is 44.0 Å². The number of H-pyrrole nitrogens is 1. The Bertz CT molecular complexity index is 255. The molecule has 0 spiro atoms. The number of aryl methyl sites for hydroxylation is 2. The van der Waals surface area contributed by atoms with Crippen LogP contribution in [0.2, 0.25) is 0 Å². The van der Waals surface area contributed by atoms with Crippen LogP contribution in [0.15, 0.2) is 0 Å². The first-order valence-corrected chi connectivity index (χ1v) is 6.03. The largest absolute Gasteiger partial charge is 0.337 e. The summed E-state index contributed by atoms with van der Waals surface area (Å²) in [5.74, 6) is 0. The first-order valence-electron chi connectivity index (χ1n) is 4.95. The van der Waals surface area contributed by atoms with Crippen LogP contribution in [0.5, 0.6) is 0 Å². The highest BCUT2D eigenvalue weighted by atomic mass is 127. The molecule has 0 aliphatic rings. The monoisotopic (exact) mass is 292 g/mol. The Balaban J connectivity index is 2.32. The molecule has 0 radical (unpaired) electrons. The molecule has 1 aromatic rings. The minimum Gasteiger partial charge on any atom is -0.337 e. The molecule has 0 bridgehead atoms. The number of unbranched alkanes of at least 4 members (excludes halogenated alkanes) is 3. The van der Waals surface area contributed by atoms with Gasteiger partial charge in [-0.15, -0.1) is 0 Å². The van der Waals surface area contributed by atoms with Crippen LogP contribution in [0.3, 0.4) is 0 Å². The van der Waals surface area contributed by atoms with Gasteiger partial charge in [0.05, 0.1) is 5.69 Å². The number of halogens is 1. The maximum atomic E-state index is 4.44. The van der Waals surface area contributed by atoms with E-state index in [4.69, 9.17) is 0 Å². The van der Waals surface area contributed by atoms with Crippen LogP contribution in [0, 0.1) is 10.8 Å². The lowest BCUT2D eigenvalue weighted by Crippen LogP contribution is -1.88. The van der Waals surface area contributed by atoms with Crippen molar-refractivity contribution in [1.29, 1.82) is 0 Å². The number of aromatic amines is 1. The van der Waals surface area contributed by atoms with E-state index in [2.05, 4.69) is 46.4 Å². The van der Waals surface area contributed by atoms with Gasteiger partial charge in [-0.25, -0.2) is 4.98 Å². The molecule has 0 aromatic carbocycles. The normalized spacial score (nSPS) is 10.7. The van der Waals surface area contributed by atoms with E-state index >= 15 is 0 Å². The second-order valence-corrected chi connectivity index (χ2v) is 4.43. The van der Waals surface area contributed by atoms with Gasteiger partial charge in [0.1, 0.15) is 0 Å². The lowest BCUT2D eigenvalue weighted by atomic mass is 10.1. The first kappa shape index (κ1) is 11.0. The summed E-state index contributed by atoms with van der Waals surface area (Å²) in [6.45, 7) is 4.34. The Morgan fingerprint density at radius 2 is 2.08 bits per heavy atom. The van der Waals surface area contributed by atoms with Gasteiger partial charge >= 0.3 is 0 Å². The van der Waals surface area contributed by atoms with Crippen molar-refractivity contribution in [2.75, 3.05) is 0 Å². The Hall–Kier alpha value is -0.0600. The zero-order chi connectivity index (χ0) is 9.68. The summed E-state index contributed by atoms with van der Waals surface area (Å²) >= 11 is 2.23. The second-order valence-electron chi connectivity index (χ2n) is 3.41. The Morgan fingerprint density at radius 3 is 2.62 bits per heavy atom. The topological polar surface area (TPSA) is 28.7 Å². The fourth-order valence-corrected chi connectivity index (χ4v) is 2.12. The molecule has 0 aliphatic carbocycles. The molecule has 1 N–H and O–H groups in total. The predicted molar refractivity (Wildman–Crippen MR) is 63.9 cm³/mol. The van der Waals surface area contributed by atoms with Crippen LogP contribution in [-0.2, 0) is 6.42 Å². The Morgan fingerprint density at radius 1 is 1.31 bits per heavy atom. The number of imidazole rings is 1. The molecular weight excluding hydrogens is 275 g/mol. The highest BCUT2D eigenvalue weighted by Crippen LogP contribution is 2.11. The molecule has 0 saturated heterocycles. The summed E-state index contributed by atoms with van der Waals surface area (Å²) in [4.78, 5) is 7.66. The molecule has 0 fully saturated rings. The van der Waals surface area contributed by atoms with Gasteiger partial charge in [-0.1, -0.05) is 26.2 Å². The standard InChI is InChI=1S/C10H17IN2/c1-3-4-5-6-7-9-8(2)12-10(11)13-9/h3-7H2,1-2H3,(H,12,13). The maximum Gasteiger partial charge on any atom is 0.169 e. The molecule has 0 amide bonds. The molecule has 74 valence electrons. The van der Waals surface area contributed by atoms with Gasteiger partial charge in [0.2, 0.25) is 0 Å². The number of aromatic nitrogens is 2. The van der Waals surface area contributed by atoms with Crippen molar-refractivity contribution in [2.24, 2.45) is 0 Å². The van der Waals surface area contributed by atoms with Crippen LogP contribution >= 0.6 is 22.6 Å². The molecule has 0 aliphatic heterocycles. The average molecular weight is 292 g/mol. The molecule has 3 heteroatoms. The number of rotatable bonds is 5. The fraction of sp³-hybridized carbons (Fsp3) is 0.700. The van der Waals surface area contributed by atoms with E-state index in [1.54, 1.807) is 0 Å². The van der Waals surface area contributed by atoms with E-state index in [0.29, 0.717) is 0 Å². The van der Waals surface area contributed by atoms with Crippen molar-refractivity contribution in [2.45, 2.75) is 46.0 Å². The van der Waals surface area contributed by atoms with Gasteiger partial charge in [-0.2, -0.15) is 0 Å². The third kappa shape index (κ3) is 3.67. The summed E-state index contributed by atoms with van der Waals surface area (Å²) in [6, 6.07) is 0. The van der Waals surface area contributed by atoms with Gasteiger partial charge in [0, 0.05) is 5.69 Å². The molecule has 0 unspecified atom stereocenters. The van der Waals surface area contributed by atoms with Crippen LogP contribution in [0.4, 0.5) is 0 Å². The maximum absolute atomic E-state index is 4.44. The number of nitrogens with one attached hydrogen (secondary N) is 1. The van der Waals surface area contributed by atoms with Crippen LogP contribution < -0.4 is 0 Å². The lowest BCUT2D eigenvalue weighted by Gasteiger charge is -1.97. The Labute approximate surface area is 93.7 Å². The molecule has 0 saturated carbocycles. The van der Waals surface area contributed by atoms with Crippen molar-refractivity contribution in [3.05, 3.63) is 15.2 Å². The highest BCUT2D eigenvalue weighted by molar-refractivity contribution is 14.1. The van der Waals surface area contributed by atoms with Gasteiger partial charge in [-0.3, -0.25) is 0 Å². The summed E-state index contributed by atoms with van der Waals surface area (Å²) < 4.78 is 1.01. The Kier molecular flexibility index (Phi) is 4.77. The molecule has 2 nitrogen and oxygen atoms in total. The summed E-state index contributed by atoms with van der Waals surface area (Å²) in [7, 11) is 0. The van der Waals surface area contributed by atoms with Gasteiger partial charge < -0.3 is 4.98 Å². The zero-order valence-electron chi connectivity index (χ0n) is 8.36. The van der Waals surface area contributed by atoms with Crippen molar-refractivity contribution in [1.82, 2.24) is 9.97 Å². The fourth-order valence-electron chi connectivity index (χ4n) is 1.42. The van der Waals surface area contributed by atoms with E-state index in [1.807, 2.05) is 0 Å². The van der Waals surface area contributed by atoms with Crippen molar-refractivity contribution < 1.29 is 0 Å². The van der Waals surface area contributed by atoms with Gasteiger partial charge in [0.25, 0.3) is 0 Å². The summed E-state index contributed by atoms with van der Waals surface area (Å²) in [5, 5.41) is 0. The zero-order valence-corrected chi connectivity index (χ0v) is 10.5. The molecule has 0 atom stereocenters. The minimum absolute atomic E-state index is 1.01. The minimum atomic E-state index is 1.01. The molecule has 1 rings (SSSR count). The van der Waals surface area contributed by atoms with E-state index < -0.39 is 0 Å². The predicted octanol–water partition coefficient (Wildman–Crippen LogP) is 3.45. The lowest BCUT2D eigenvalue weighted by molar-refractivity contribution is 0.660. The van der Waals surface area contributed by atoms with E-state index in [-0.39, 0.29) is 0 Å². The van der Waals surface area contributed by atoms with Crippen molar-refractivity contribution >= 4 is 22.6 Å². The van der Waals surface area contributed by atoms with E-state index in [0.717, 1.165) is 10.3 Å². The smallest absolute Gasteiger partial charge is 0.169 e. The SMILES string of the molecule is CCCCCCc1nc(I)[nH]c1C. The molecular formula is C10H17IN2. The average Bonchev–Trinajstić information content (AvgIpc) is 2.39. The number of hydrogen-bond donors (Lipinski definition) is 1. The van der Waals surface area contributed by atoms with Crippen LogP contribution in [0.25, 0.3) is 0 Å². The number of hydrogen-bond acceptors (Lipinski definition) is 1. The van der Waals surface area contributed by atoms with Gasteiger partial charge in [-0.05, 0) is 42.4 Å². The van der Waals surface area contributed by atoms with E-state index in [1.165, 1.54) is 37.1 Å².